The van der Waals surface area contributed by atoms with Crippen LogP contribution in [0.4, 0.5) is 5.13 Å². The maximum absolute atomic E-state index is 12.0. The molecule has 0 aliphatic rings. The standard InChI is InChI=1S/C11H8Br2N2OS/c1-6-3-2-4-7(9(6)13)10(16)15-11-14-5-8(12)17-11/h2-5H,1H3,(H,14,15,16). The molecular weight excluding hydrogens is 368 g/mol. The molecule has 0 saturated carbocycles. The van der Waals surface area contributed by atoms with E-state index >= 15 is 0 Å². The van der Waals surface area contributed by atoms with E-state index in [4.69, 9.17) is 0 Å². The number of thiazole rings is 1. The number of nitrogens with one attached hydrogen (secondary N) is 1. The van der Waals surface area contributed by atoms with E-state index in [-0.39, 0.29) is 5.91 Å². The van der Waals surface area contributed by atoms with Gasteiger partial charge >= 0.3 is 0 Å². The first kappa shape index (κ1) is 12.7. The number of halogens is 2. The molecule has 1 amide bonds. The van der Waals surface area contributed by atoms with E-state index in [9.17, 15) is 4.79 Å². The number of hydrogen-bond donors (Lipinski definition) is 1. The number of aryl methyl sites for hydroxylation is 1. The molecule has 0 radical (unpaired) electrons. The quantitative estimate of drug-likeness (QED) is 0.853. The lowest BCUT2D eigenvalue weighted by molar-refractivity contribution is 0.102. The highest BCUT2D eigenvalue weighted by atomic mass is 79.9. The Bertz CT molecular complexity index is 568. The van der Waals surface area contributed by atoms with Gasteiger partial charge in [0.1, 0.15) is 0 Å². The van der Waals surface area contributed by atoms with Crippen molar-refractivity contribution in [1.29, 1.82) is 0 Å². The second kappa shape index (κ2) is 5.29. The molecule has 0 fully saturated rings. The number of hydrogen-bond acceptors (Lipinski definition) is 3. The van der Waals surface area contributed by atoms with E-state index in [0.717, 1.165) is 13.8 Å². The van der Waals surface area contributed by atoms with Crippen LogP contribution >= 0.6 is 43.2 Å². The molecule has 2 aromatic rings. The summed E-state index contributed by atoms with van der Waals surface area (Å²) in [6.07, 6.45) is 1.66. The van der Waals surface area contributed by atoms with Crippen molar-refractivity contribution in [1.82, 2.24) is 4.98 Å². The molecule has 0 aliphatic heterocycles. The van der Waals surface area contributed by atoms with Crippen molar-refractivity contribution in [3.05, 3.63) is 43.8 Å². The fourth-order valence-electron chi connectivity index (χ4n) is 1.30. The lowest BCUT2D eigenvalue weighted by atomic mass is 10.1. The Morgan fingerprint density at radius 2 is 2.18 bits per heavy atom. The van der Waals surface area contributed by atoms with Crippen LogP contribution in [0.3, 0.4) is 0 Å². The topological polar surface area (TPSA) is 42.0 Å². The summed E-state index contributed by atoms with van der Waals surface area (Å²) in [5.74, 6) is -0.164. The Morgan fingerprint density at radius 3 is 2.82 bits per heavy atom. The van der Waals surface area contributed by atoms with Gasteiger partial charge in [0.25, 0.3) is 5.91 Å². The number of carbonyl (C=O) groups is 1. The summed E-state index contributed by atoms with van der Waals surface area (Å²) in [6, 6.07) is 5.57. The maximum Gasteiger partial charge on any atom is 0.258 e. The summed E-state index contributed by atoms with van der Waals surface area (Å²) in [7, 11) is 0. The molecule has 0 saturated heterocycles. The number of benzene rings is 1. The van der Waals surface area contributed by atoms with E-state index in [1.165, 1.54) is 11.3 Å². The van der Waals surface area contributed by atoms with Crippen molar-refractivity contribution >= 4 is 54.2 Å². The minimum absolute atomic E-state index is 0.164. The summed E-state index contributed by atoms with van der Waals surface area (Å²) in [5, 5.41) is 3.33. The van der Waals surface area contributed by atoms with Gasteiger partial charge < -0.3 is 0 Å². The van der Waals surface area contributed by atoms with Crippen molar-refractivity contribution in [2.75, 3.05) is 5.32 Å². The largest absolute Gasteiger partial charge is 0.298 e. The van der Waals surface area contributed by atoms with E-state index in [1.807, 2.05) is 19.1 Å². The lowest BCUT2D eigenvalue weighted by Gasteiger charge is -2.06. The van der Waals surface area contributed by atoms with Gasteiger partial charge in [-0.25, -0.2) is 4.98 Å². The third-order valence-electron chi connectivity index (χ3n) is 2.13. The Labute approximate surface area is 120 Å². The Hall–Kier alpha value is -0.720. The fourth-order valence-corrected chi connectivity index (χ4v) is 2.85. The van der Waals surface area contributed by atoms with Crippen LogP contribution in [0.25, 0.3) is 0 Å². The van der Waals surface area contributed by atoms with Crippen LogP contribution in [0.5, 0.6) is 0 Å². The van der Waals surface area contributed by atoms with E-state index in [0.29, 0.717) is 10.7 Å². The molecular formula is C11H8Br2N2OS. The summed E-state index contributed by atoms with van der Waals surface area (Å²) in [5.41, 5.74) is 1.63. The minimum atomic E-state index is -0.164. The highest BCUT2D eigenvalue weighted by molar-refractivity contribution is 9.11. The van der Waals surface area contributed by atoms with Crippen molar-refractivity contribution in [3.8, 4) is 0 Å². The van der Waals surface area contributed by atoms with Gasteiger partial charge in [0.05, 0.1) is 15.5 Å². The van der Waals surface area contributed by atoms with E-state index < -0.39 is 0 Å². The molecule has 0 bridgehead atoms. The molecule has 3 nitrogen and oxygen atoms in total. The number of aromatic nitrogens is 1. The van der Waals surface area contributed by atoms with Gasteiger partial charge in [0, 0.05) is 4.47 Å². The number of nitrogens with zero attached hydrogens (tertiary/aromatic N) is 1. The number of amides is 1. The predicted molar refractivity (Wildman–Crippen MR) is 76.6 cm³/mol. The van der Waals surface area contributed by atoms with Gasteiger partial charge in [0.15, 0.2) is 5.13 Å². The molecule has 1 aromatic carbocycles. The van der Waals surface area contributed by atoms with Crippen LogP contribution in [0, 0.1) is 6.92 Å². The van der Waals surface area contributed by atoms with Gasteiger partial charge in [-0.2, -0.15) is 0 Å². The molecule has 1 heterocycles. The number of carbonyl (C=O) groups excluding carboxylic acids is 1. The first-order chi connectivity index (χ1) is 8.08. The maximum atomic E-state index is 12.0. The first-order valence-electron chi connectivity index (χ1n) is 4.75. The summed E-state index contributed by atoms with van der Waals surface area (Å²) < 4.78 is 1.70. The average molecular weight is 376 g/mol. The van der Waals surface area contributed by atoms with Gasteiger partial charge in [-0.05, 0) is 50.4 Å². The van der Waals surface area contributed by atoms with Crippen molar-refractivity contribution in [2.24, 2.45) is 0 Å². The molecule has 0 aliphatic carbocycles. The third kappa shape index (κ3) is 2.94. The monoisotopic (exact) mass is 374 g/mol. The average Bonchev–Trinajstić information content (AvgIpc) is 2.68. The Morgan fingerprint density at radius 1 is 1.41 bits per heavy atom. The molecule has 17 heavy (non-hydrogen) atoms. The van der Waals surface area contributed by atoms with Crippen LogP contribution in [0.2, 0.25) is 0 Å². The summed E-state index contributed by atoms with van der Waals surface area (Å²) >= 11 is 8.09. The molecule has 0 atom stereocenters. The van der Waals surface area contributed by atoms with E-state index in [1.54, 1.807) is 12.3 Å². The molecule has 1 aromatic heterocycles. The third-order valence-corrected chi connectivity index (χ3v) is 4.58. The van der Waals surface area contributed by atoms with E-state index in [2.05, 4.69) is 42.2 Å². The highest BCUT2D eigenvalue weighted by Crippen LogP contribution is 2.25. The molecule has 6 heteroatoms. The smallest absolute Gasteiger partial charge is 0.258 e. The normalized spacial score (nSPS) is 10.3. The zero-order chi connectivity index (χ0) is 12.4. The molecule has 2 rings (SSSR count). The summed E-state index contributed by atoms with van der Waals surface area (Å²) in [4.78, 5) is 16.1. The van der Waals surface area contributed by atoms with Crippen LogP contribution in [0.15, 0.2) is 32.7 Å². The molecule has 88 valence electrons. The van der Waals surface area contributed by atoms with Gasteiger partial charge in [0.2, 0.25) is 0 Å². The second-order valence-electron chi connectivity index (χ2n) is 3.36. The minimum Gasteiger partial charge on any atom is -0.298 e. The molecule has 0 spiro atoms. The number of anilines is 1. The SMILES string of the molecule is Cc1cccc(C(=O)Nc2ncc(Br)s2)c1Br. The second-order valence-corrected chi connectivity index (χ2v) is 6.56. The first-order valence-corrected chi connectivity index (χ1v) is 7.16. The summed E-state index contributed by atoms with van der Waals surface area (Å²) in [6.45, 7) is 1.95. The van der Waals surface area contributed by atoms with Crippen molar-refractivity contribution < 1.29 is 4.79 Å². The zero-order valence-electron chi connectivity index (χ0n) is 8.83. The Kier molecular flexibility index (Phi) is 3.96. The van der Waals surface area contributed by atoms with Crippen molar-refractivity contribution in [3.63, 3.8) is 0 Å². The molecule has 1 N–H and O–H groups in total. The van der Waals surface area contributed by atoms with Gasteiger partial charge in [-0.15, -0.1) is 0 Å². The Balaban J connectivity index is 2.23. The van der Waals surface area contributed by atoms with Crippen LogP contribution in [-0.4, -0.2) is 10.9 Å². The van der Waals surface area contributed by atoms with Crippen LogP contribution < -0.4 is 5.32 Å². The fraction of sp³-hybridized carbons (Fsp3) is 0.0909. The van der Waals surface area contributed by atoms with Gasteiger partial charge in [-0.1, -0.05) is 23.5 Å². The predicted octanol–water partition coefficient (Wildman–Crippen LogP) is 4.23. The van der Waals surface area contributed by atoms with Crippen molar-refractivity contribution in [2.45, 2.75) is 6.92 Å². The lowest BCUT2D eigenvalue weighted by Crippen LogP contribution is -2.12. The van der Waals surface area contributed by atoms with Crippen LogP contribution in [0.1, 0.15) is 15.9 Å². The van der Waals surface area contributed by atoms with Crippen LogP contribution in [-0.2, 0) is 0 Å². The van der Waals surface area contributed by atoms with Gasteiger partial charge in [-0.3, -0.25) is 10.1 Å². The zero-order valence-corrected chi connectivity index (χ0v) is 12.8. The highest BCUT2D eigenvalue weighted by Gasteiger charge is 2.12. The number of rotatable bonds is 2. The molecule has 0 unspecified atom stereocenters.